The molecule has 31 heavy (non-hydrogen) atoms. The van der Waals surface area contributed by atoms with Crippen molar-refractivity contribution in [1.82, 2.24) is 20.1 Å². The molecule has 2 aliphatic heterocycles. The number of urea groups is 1. The molecular formula is C23H24N4O4. The quantitative estimate of drug-likeness (QED) is 0.697. The third-order valence-corrected chi connectivity index (χ3v) is 5.45. The predicted octanol–water partition coefficient (Wildman–Crippen LogP) is 2.65. The molecule has 4 rings (SSSR count). The molecule has 0 radical (unpaired) electrons. The number of carbonyl (C=O) groups excluding carboxylic acids is 2. The Morgan fingerprint density at radius 3 is 2.77 bits per heavy atom. The van der Waals surface area contributed by atoms with E-state index >= 15 is 0 Å². The summed E-state index contributed by atoms with van der Waals surface area (Å²) >= 11 is 0. The molecule has 0 unspecified atom stereocenters. The average Bonchev–Trinajstić information content (AvgIpc) is 3.11. The Morgan fingerprint density at radius 1 is 1.26 bits per heavy atom. The number of pyridine rings is 1. The van der Waals surface area contributed by atoms with Crippen molar-refractivity contribution in [3.8, 4) is 11.5 Å². The van der Waals surface area contributed by atoms with Gasteiger partial charge in [0.2, 0.25) is 0 Å². The van der Waals surface area contributed by atoms with Gasteiger partial charge in [-0.3, -0.25) is 14.7 Å². The van der Waals surface area contributed by atoms with Crippen LogP contribution in [0.25, 0.3) is 0 Å². The number of nitrogens with one attached hydrogen (secondary N) is 1. The van der Waals surface area contributed by atoms with Crippen molar-refractivity contribution in [3.05, 3.63) is 77.8 Å². The van der Waals surface area contributed by atoms with Gasteiger partial charge in [0.25, 0.3) is 5.91 Å². The second kappa shape index (κ2) is 8.51. The minimum atomic E-state index is -0.653. The van der Waals surface area contributed by atoms with E-state index in [0.717, 1.165) is 5.56 Å². The van der Waals surface area contributed by atoms with Crippen molar-refractivity contribution >= 4 is 11.9 Å². The maximum absolute atomic E-state index is 13.5. The van der Waals surface area contributed by atoms with E-state index in [1.165, 1.54) is 0 Å². The Kier molecular flexibility index (Phi) is 5.62. The molecule has 0 spiro atoms. The summed E-state index contributed by atoms with van der Waals surface area (Å²) < 4.78 is 10.9. The third-order valence-electron chi connectivity index (χ3n) is 5.45. The summed E-state index contributed by atoms with van der Waals surface area (Å²) in [6.45, 7) is 4.78. The summed E-state index contributed by atoms with van der Waals surface area (Å²) in [4.78, 5) is 33.9. The zero-order valence-electron chi connectivity index (χ0n) is 17.5. The van der Waals surface area contributed by atoms with E-state index in [1.807, 2.05) is 12.1 Å². The highest BCUT2D eigenvalue weighted by Gasteiger charge is 2.44. The van der Waals surface area contributed by atoms with Gasteiger partial charge in [0.15, 0.2) is 0 Å². The van der Waals surface area contributed by atoms with Crippen LogP contribution in [0.4, 0.5) is 4.79 Å². The van der Waals surface area contributed by atoms with Crippen LogP contribution in [-0.2, 0) is 11.3 Å². The number of carbonyl (C=O) groups is 2. The number of amides is 3. The number of nitrogens with zero attached hydrogens (tertiary/aromatic N) is 3. The highest BCUT2D eigenvalue weighted by molar-refractivity contribution is 6.01. The summed E-state index contributed by atoms with van der Waals surface area (Å²) in [6, 6.07) is 8.15. The molecule has 1 aromatic carbocycles. The molecule has 0 saturated heterocycles. The monoisotopic (exact) mass is 420 g/mol. The summed E-state index contributed by atoms with van der Waals surface area (Å²) in [7, 11) is 3.12. The van der Waals surface area contributed by atoms with E-state index in [2.05, 4.69) is 16.9 Å². The maximum atomic E-state index is 13.5. The zero-order valence-corrected chi connectivity index (χ0v) is 17.5. The van der Waals surface area contributed by atoms with Crippen LogP contribution in [0.1, 0.15) is 17.2 Å². The van der Waals surface area contributed by atoms with Crippen molar-refractivity contribution in [2.75, 3.05) is 27.3 Å². The van der Waals surface area contributed by atoms with Crippen molar-refractivity contribution in [2.45, 2.75) is 12.6 Å². The van der Waals surface area contributed by atoms with Gasteiger partial charge in [0.1, 0.15) is 11.5 Å². The first-order valence-electron chi connectivity index (χ1n) is 9.89. The number of ether oxygens (including phenoxy) is 2. The van der Waals surface area contributed by atoms with E-state index in [9.17, 15) is 9.59 Å². The number of rotatable bonds is 7. The summed E-state index contributed by atoms with van der Waals surface area (Å²) in [6.07, 6.45) is 5.07. The Hall–Kier alpha value is -3.81. The molecule has 8 heteroatoms. The van der Waals surface area contributed by atoms with Crippen LogP contribution in [-0.4, -0.2) is 54.0 Å². The van der Waals surface area contributed by atoms with Crippen LogP contribution >= 0.6 is 0 Å². The normalized spacial score (nSPS) is 18.1. The third kappa shape index (κ3) is 3.72. The van der Waals surface area contributed by atoms with E-state index in [1.54, 1.807) is 60.7 Å². The molecular weight excluding hydrogens is 396 g/mol. The molecule has 1 atom stereocenters. The molecule has 3 heterocycles. The maximum Gasteiger partial charge on any atom is 0.322 e. The lowest BCUT2D eigenvalue weighted by Crippen LogP contribution is -2.47. The summed E-state index contributed by atoms with van der Waals surface area (Å²) in [5.41, 5.74) is 2.78. The van der Waals surface area contributed by atoms with Crippen molar-refractivity contribution < 1.29 is 19.1 Å². The Balaban J connectivity index is 1.77. The average molecular weight is 420 g/mol. The second-order valence-electron chi connectivity index (χ2n) is 7.27. The standard InChI is InChI=1S/C23H24N4O4/c1-4-10-27-18-14-26(13-15-6-5-9-24-12-15)22(28)20(18)21(25-23(27)29)17-11-16(30-2)7-8-19(17)31-3/h4-9,11-12,21H,1,10,13-14H2,2-3H3,(H,25,29)/t21-/m1/s1. The SMILES string of the molecule is C=CCN1C(=O)N[C@H](c2cc(OC)ccc2OC)C2=C1CN(Cc1cccnc1)C2=O. The van der Waals surface area contributed by atoms with Crippen LogP contribution in [0.2, 0.25) is 0 Å². The number of aromatic nitrogens is 1. The molecule has 0 bridgehead atoms. The minimum absolute atomic E-state index is 0.136. The molecule has 1 aromatic heterocycles. The van der Waals surface area contributed by atoms with Gasteiger partial charge in [-0.1, -0.05) is 12.1 Å². The second-order valence-corrected chi connectivity index (χ2v) is 7.27. The lowest BCUT2D eigenvalue weighted by molar-refractivity contribution is -0.126. The molecule has 8 nitrogen and oxygen atoms in total. The Labute approximate surface area is 180 Å². The largest absolute Gasteiger partial charge is 0.497 e. The Bertz CT molecular complexity index is 1050. The summed E-state index contributed by atoms with van der Waals surface area (Å²) in [5.74, 6) is 1.04. The molecule has 1 N–H and O–H groups in total. The fourth-order valence-electron chi connectivity index (χ4n) is 4.01. The molecule has 0 fully saturated rings. The van der Waals surface area contributed by atoms with Crippen LogP contribution in [0.3, 0.4) is 0 Å². The van der Waals surface area contributed by atoms with Gasteiger partial charge < -0.3 is 19.7 Å². The van der Waals surface area contributed by atoms with Crippen molar-refractivity contribution in [3.63, 3.8) is 0 Å². The van der Waals surface area contributed by atoms with Gasteiger partial charge in [-0.05, 0) is 29.8 Å². The highest BCUT2D eigenvalue weighted by atomic mass is 16.5. The van der Waals surface area contributed by atoms with Crippen molar-refractivity contribution in [1.29, 1.82) is 0 Å². The van der Waals surface area contributed by atoms with Crippen LogP contribution in [0, 0.1) is 0 Å². The fourth-order valence-corrected chi connectivity index (χ4v) is 4.01. The Morgan fingerprint density at radius 2 is 2.10 bits per heavy atom. The van der Waals surface area contributed by atoms with Gasteiger partial charge in [0.05, 0.1) is 38.1 Å². The minimum Gasteiger partial charge on any atom is -0.497 e. The van der Waals surface area contributed by atoms with E-state index in [0.29, 0.717) is 48.0 Å². The first kappa shape index (κ1) is 20.5. The summed E-state index contributed by atoms with van der Waals surface area (Å²) in [5, 5.41) is 2.97. The number of hydrogen-bond donors (Lipinski definition) is 1. The topological polar surface area (TPSA) is 84.0 Å². The van der Waals surface area contributed by atoms with E-state index in [4.69, 9.17) is 9.47 Å². The van der Waals surface area contributed by atoms with Crippen LogP contribution in [0.5, 0.6) is 11.5 Å². The van der Waals surface area contributed by atoms with Crippen molar-refractivity contribution in [2.24, 2.45) is 0 Å². The van der Waals surface area contributed by atoms with Gasteiger partial charge >= 0.3 is 6.03 Å². The highest BCUT2D eigenvalue weighted by Crippen LogP contribution is 2.40. The van der Waals surface area contributed by atoms with Gasteiger partial charge in [0, 0.05) is 31.0 Å². The number of hydrogen-bond acceptors (Lipinski definition) is 5. The zero-order chi connectivity index (χ0) is 22.0. The molecule has 2 aliphatic rings. The van der Waals surface area contributed by atoms with Gasteiger partial charge in [-0.2, -0.15) is 0 Å². The predicted molar refractivity (Wildman–Crippen MR) is 114 cm³/mol. The molecule has 160 valence electrons. The molecule has 0 saturated carbocycles. The first-order chi connectivity index (χ1) is 15.1. The van der Waals surface area contributed by atoms with Crippen LogP contribution < -0.4 is 14.8 Å². The smallest absolute Gasteiger partial charge is 0.322 e. The lowest BCUT2D eigenvalue weighted by atomic mass is 9.94. The first-order valence-corrected chi connectivity index (χ1v) is 9.89. The number of methoxy groups -OCH3 is 2. The number of benzene rings is 1. The molecule has 0 aliphatic carbocycles. The van der Waals surface area contributed by atoms with E-state index < -0.39 is 6.04 Å². The molecule has 3 amide bonds. The van der Waals surface area contributed by atoms with Gasteiger partial charge in [-0.15, -0.1) is 6.58 Å². The van der Waals surface area contributed by atoms with E-state index in [-0.39, 0.29) is 11.9 Å². The molecule has 2 aromatic rings. The fraction of sp³-hybridized carbons (Fsp3) is 0.261. The van der Waals surface area contributed by atoms with Crippen LogP contribution in [0.15, 0.2) is 66.7 Å². The van der Waals surface area contributed by atoms with Gasteiger partial charge in [-0.25, -0.2) is 4.79 Å². The lowest BCUT2D eigenvalue weighted by Gasteiger charge is -2.33.